The Hall–Kier alpha value is -3.17. The molecule has 7 nitrogen and oxygen atoms in total. The van der Waals surface area contributed by atoms with E-state index in [2.05, 4.69) is 25.0 Å². The van der Waals surface area contributed by atoms with Gasteiger partial charge in [0.25, 0.3) is 5.91 Å². The number of hydrogen-bond acceptors (Lipinski definition) is 5. The molecular weight excluding hydrogens is 351 g/mol. The number of aromatic nitrogens is 4. The average molecular weight is 365 g/mol. The van der Waals surface area contributed by atoms with E-state index in [1.165, 1.54) is 0 Å². The topological polar surface area (TPSA) is 85.8 Å². The monoisotopic (exact) mass is 365 g/mol. The van der Waals surface area contributed by atoms with Crippen LogP contribution < -0.4 is 5.32 Å². The van der Waals surface area contributed by atoms with Crippen molar-refractivity contribution in [1.82, 2.24) is 25.0 Å². The minimum Gasteiger partial charge on any atom is -0.352 e. The van der Waals surface area contributed by atoms with Crippen molar-refractivity contribution in [2.45, 2.75) is 12.6 Å². The van der Waals surface area contributed by atoms with Gasteiger partial charge in [-0.25, -0.2) is 4.98 Å². The van der Waals surface area contributed by atoms with Crippen LogP contribution in [0.3, 0.4) is 0 Å². The van der Waals surface area contributed by atoms with Crippen LogP contribution in [0.1, 0.15) is 22.1 Å². The number of nitrogens with zero attached hydrogens (tertiary/aromatic N) is 4. The van der Waals surface area contributed by atoms with Crippen molar-refractivity contribution < 1.29 is 22.5 Å². The molecule has 0 unspecified atom stereocenters. The maximum absolute atomic E-state index is 12.4. The second-order valence-electron chi connectivity index (χ2n) is 5.43. The number of alkyl halides is 3. The van der Waals surface area contributed by atoms with Crippen LogP contribution in [-0.4, -0.2) is 32.1 Å². The third-order valence-electron chi connectivity index (χ3n) is 3.58. The predicted octanol–water partition coefficient (Wildman–Crippen LogP) is 2.46. The van der Waals surface area contributed by atoms with Gasteiger partial charge in [0.2, 0.25) is 0 Å². The molecule has 0 radical (unpaired) electrons. The Morgan fingerprint density at radius 3 is 2.73 bits per heavy atom. The molecule has 3 rings (SSSR count). The fourth-order valence-electron chi connectivity index (χ4n) is 2.35. The summed E-state index contributed by atoms with van der Waals surface area (Å²) in [7, 11) is 1.81. The van der Waals surface area contributed by atoms with Crippen LogP contribution in [0, 0.1) is 0 Å². The molecule has 0 aliphatic carbocycles. The lowest BCUT2D eigenvalue weighted by atomic mass is 10.1. The second kappa shape index (κ2) is 6.98. The maximum Gasteiger partial charge on any atom is 0.471 e. The van der Waals surface area contributed by atoms with E-state index < -0.39 is 12.1 Å². The van der Waals surface area contributed by atoms with Crippen molar-refractivity contribution in [3.63, 3.8) is 0 Å². The van der Waals surface area contributed by atoms with Crippen molar-refractivity contribution in [1.29, 1.82) is 0 Å². The van der Waals surface area contributed by atoms with Crippen molar-refractivity contribution in [2.24, 2.45) is 7.05 Å². The van der Waals surface area contributed by atoms with E-state index in [-0.39, 0.29) is 24.7 Å². The van der Waals surface area contributed by atoms with E-state index in [1.54, 1.807) is 41.2 Å². The van der Waals surface area contributed by atoms with Gasteiger partial charge in [-0.2, -0.15) is 18.2 Å². The van der Waals surface area contributed by atoms with Gasteiger partial charge in [-0.3, -0.25) is 4.79 Å². The molecule has 0 atom stereocenters. The van der Waals surface area contributed by atoms with Crippen LogP contribution >= 0.6 is 0 Å². The van der Waals surface area contributed by atoms with Gasteiger partial charge >= 0.3 is 12.1 Å². The van der Waals surface area contributed by atoms with Crippen LogP contribution in [0.15, 0.2) is 41.2 Å². The minimum atomic E-state index is -4.69. The van der Waals surface area contributed by atoms with Crippen molar-refractivity contribution >= 4 is 5.91 Å². The zero-order valence-electron chi connectivity index (χ0n) is 13.6. The van der Waals surface area contributed by atoms with Gasteiger partial charge in [-0.1, -0.05) is 23.4 Å². The molecular formula is C16H14F3N5O2. The maximum atomic E-state index is 12.4. The van der Waals surface area contributed by atoms with Crippen LogP contribution in [-0.2, 0) is 19.6 Å². The first kappa shape index (κ1) is 17.6. The Balaban J connectivity index is 1.66. The summed E-state index contributed by atoms with van der Waals surface area (Å²) >= 11 is 0. The number of hydrogen-bond donors (Lipinski definition) is 1. The Labute approximate surface area is 145 Å². The third-order valence-corrected chi connectivity index (χ3v) is 3.58. The molecule has 2 aromatic heterocycles. The molecule has 136 valence electrons. The van der Waals surface area contributed by atoms with E-state index in [0.29, 0.717) is 17.0 Å². The van der Waals surface area contributed by atoms with Gasteiger partial charge < -0.3 is 14.4 Å². The van der Waals surface area contributed by atoms with E-state index in [4.69, 9.17) is 0 Å². The number of benzene rings is 1. The van der Waals surface area contributed by atoms with Crippen molar-refractivity contribution in [3.8, 4) is 11.4 Å². The van der Waals surface area contributed by atoms with Gasteiger partial charge in [0.1, 0.15) is 5.82 Å². The smallest absolute Gasteiger partial charge is 0.352 e. The SMILES string of the molecule is Cn1ccnc1-c1ccccc1C(=O)NCCc1noc(C(F)(F)F)n1. The zero-order valence-corrected chi connectivity index (χ0v) is 13.6. The summed E-state index contributed by atoms with van der Waals surface area (Å²) in [5.41, 5.74) is 1.06. The summed E-state index contributed by atoms with van der Waals surface area (Å²) in [6, 6.07) is 6.93. The lowest BCUT2D eigenvalue weighted by Gasteiger charge is -2.09. The van der Waals surface area contributed by atoms with E-state index in [1.807, 2.05) is 7.05 Å². The molecule has 0 spiro atoms. The van der Waals surface area contributed by atoms with Crippen LogP contribution in [0.5, 0.6) is 0 Å². The molecule has 3 aromatic rings. The molecule has 0 aliphatic rings. The first-order valence-electron chi connectivity index (χ1n) is 7.61. The summed E-state index contributed by atoms with van der Waals surface area (Å²) in [6.07, 6.45) is -1.29. The Morgan fingerprint density at radius 2 is 2.08 bits per heavy atom. The van der Waals surface area contributed by atoms with Gasteiger partial charge in [-0.05, 0) is 6.07 Å². The first-order valence-corrected chi connectivity index (χ1v) is 7.61. The Bertz CT molecular complexity index is 917. The molecule has 0 saturated carbocycles. The van der Waals surface area contributed by atoms with Crippen LogP contribution in [0.4, 0.5) is 13.2 Å². The number of carbonyl (C=O) groups excluding carboxylic acids is 1. The predicted molar refractivity (Wildman–Crippen MR) is 84.0 cm³/mol. The second-order valence-corrected chi connectivity index (χ2v) is 5.43. The number of carbonyl (C=O) groups is 1. The standard InChI is InChI=1S/C16H14F3N5O2/c1-24-9-8-20-13(24)10-4-2-3-5-11(10)14(25)21-7-6-12-22-15(26-23-12)16(17,18)19/h2-5,8-9H,6-7H2,1H3,(H,21,25). The van der Waals surface area contributed by atoms with Gasteiger partial charge in [0.15, 0.2) is 5.82 Å². The molecule has 2 heterocycles. The lowest BCUT2D eigenvalue weighted by molar-refractivity contribution is -0.159. The number of aryl methyl sites for hydroxylation is 1. The molecule has 1 aromatic carbocycles. The fraction of sp³-hybridized carbons (Fsp3) is 0.250. The van der Waals surface area contributed by atoms with E-state index in [9.17, 15) is 18.0 Å². The van der Waals surface area contributed by atoms with Gasteiger partial charge in [0.05, 0.1) is 5.56 Å². The van der Waals surface area contributed by atoms with E-state index >= 15 is 0 Å². The molecule has 0 saturated heterocycles. The lowest BCUT2D eigenvalue weighted by Crippen LogP contribution is -2.26. The van der Waals surface area contributed by atoms with Gasteiger partial charge in [0, 0.05) is 38.0 Å². The number of imidazole rings is 1. The summed E-state index contributed by atoms with van der Waals surface area (Å²) < 4.78 is 43.2. The van der Waals surface area contributed by atoms with Crippen LogP contribution in [0.2, 0.25) is 0 Å². The normalized spacial score (nSPS) is 11.5. The van der Waals surface area contributed by atoms with Crippen LogP contribution in [0.25, 0.3) is 11.4 Å². The molecule has 1 N–H and O–H groups in total. The molecule has 0 fully saturated rings. The highest BCUT2D eigenvalue weighted by molar-refractivity contribution is 6.00. The van der Waals surface area contributed by atoms with Gasteiger partial charge in [-0.15, -0.1) is 0 Å². The third kappa shape index (κ3) is 3.73. The zero-order chi connectivity index (χ0) is 18.7. The largest absolute Gasteiger partial charge is 0.471 e. The average Bonchev–Trinajstić information content (AvgIpc) is 3.23. The fourth-order valence-corrected chi connectivity index (χ4v) is 2.35. The summed E-state index contributed by atoms with van der Waals surface area (Å²) in [5.74, 6) is -1.28. The molecule has 10 heteroatoms. The highest BCUT2D eigenvalue weighted by atomic mass is 19.4. The summed E-state index contributed by atoms with van der Waals surface area (Å²) in [6.45, 7) is 0.0601. The first-order chi connectivity index (χ1) is 12.4. The Morgan fingerprint density at radius 1 is 1.31 bits per heavy atom. The molecule has 0 bridgehead atoms. The number of nitrogens with one attached hydrogen (secondary N) is 1. The summed E-state index contributed by atoms with van der Waals surface area (Å²) in [5, 5.41) is 5.89. The molecule has 26 heavy (non-hydrogen) atoms. The van der Waals surface area contributed by atoms with E-state index in [0.717, 1.165) is 0 Å². The number of amides is 1. The summed E-state index contributed by atoms with van der Waals surface area (Å²) in [4.78, 5) is 19.9. The number of halogens is 3. The highest BCUT2D eigenvalue weighted by Crippen LogP contribution is 2.27. The Kier molecular flexibility index (Phi) is 4.74. The van der Waals surface area contributed by atoms with Crippen molar-refractivity contribution in [2.75, 3.05) is 6.54 Å². The number of rotatable bonds is 5. The minimum absolute atomic E-state index is 0.00981. The highest BCUT2D eigenvalue weighted by Gasteiger charge is 2.38. The molecule has 0 aliphatic heterocycles. The quantitative estimate of drug-likeness (QED) is 0.751. The van der Waals surface area contributed by atoms with Crippen molar-refractivity contribution in [3.05, 3.63) is 53.9 Å². The molecule has 1 amide bonds.